The topological polar surface area (TPSA) is 98.8 Å². The molecule has 28 heavy (non-hydrogen) atoms. The molecule has 0 aliphatic carbocycles. The highest BCUT2D eigenvalue weighted by Gasteiger charge is 2.25. The zero-order valence-electron chi connectivity index (χ0n) is 15.1. The number of hydrogen-bond acceptors (Lipinski definition) is 7. The molecule has 2 aromatic rings. The van der Waals surface area contributed by atoms with Crippen LogP contribution in [0.25, 0.3) is 6.08 Å². The molecule has 1 fully saturated rings. The summed E-state index contributed by atoms with van der Waals surface area (Å²) in [7, 11) is -4.03. The smallest absolute Gasteiger partial charge is 0.339 e. The van der Waals surface area contributed by atoms with Crippen LogP contribution in [0.1, 0.15) is 18.1 Å². The monoisotopic (exact) mass is 419 g/mol. The van der Waals surface area contributed by atoms with Gasteiger partial charge in [0, 0.05) is 0 Å². The molecule has 3 rings (SSSR count). The van der Waals surface area contributed by atoms with Crippen LogP contribution in [0.15, 0.2) is 52.3 Å². The summed E-state index contributed by atoms with van der Waals surface area (Å²) >= 11 is 0.794. The molecule has 0 aromatic heterocycles. The van der Waals surface area contributed by atoms with E-state index in [1.807, 2.05) is 6.92 Å². The first-order valence-corrected chi connectivity index (χ1v) is 10.5. The van der Waals surface area contributed by atoms with E-state index < -0.39 is 21.3 Å². The molecule has 0 saturated carbocycles. The zero-order chi connectivity index (χ0) is 20.3. The lowest BCUT2D eigenvalue weighted by molar-refractivity contribution is -0.115. The van der Waals surface area contributed by atoms with Crippen molar-refractivity contribution in [2.45, 2.75) is 18.7 Å². The lowest BCUT2D eigenvalue weighted by Gasteiger charge is -2.13. The highest BCUT2D eigenvalue weighted by atomic mass is 32.2. The molecule has 1 aliphatic rings. The molecule has 0 bridgehead atoms. The summed E-state index contributed by atoms with van der Waals surface area (Å²) in [5, 5.41) is 1.73. The minimum absolute atomic E-state index is 0.0316. The Morgan fingerprint density at radius 1 is 1.07 bits per heavy atom. The molecule has 1 N–H and O–H groups in total. The number of thioether (sulfide) groups is 1. The highest BCUT2D eigenvalue weighted by molar-refractivity contribution is 8.18. The first-order chi connectivity index (χ1) is 13.3. The second-order valence-electron chi connectivity index (χ2n) is 5.84. The number of rotatable bonds is 6. The Morgan fingerprint density at radius 3 is 2.39 bits per heavy atom. The summed E-state index contributed by atoms with van der Waals surface area (Å²) in [6.07, 6.45) is 1.52. The van der Waals surface area contributed by atoms with Crippen molar-refractivity contribution in [2.24, 2.45) is 0 Å². The van der Waals surface area contributed by atoms with Gasteiger partial charge in [-0.15, -0.1) is 0 Å². The number of benzene rings is 2. The quantitative estimate of drug-likeness (QED) is 0.565. The predicted octanol–water partition coefficient (Wildman–Crippen LogP) is 3.49. The van der Waals surface area contributed by atoms with Gasteiger partial charge in [-0.05, 0) is 61.5 Å². The van der Waals surface area contributed by atoms with Crippen molar-refractivity contribution in [3.63, 3.8) is 0 Å². The summed E-state index contributed by atoms with van der Waals surface area (Å²) in [5.74, 6) is -0.235. The Hall–Kier alpha value is -2.78. The largest absolute Gasteiger partial charge is 0.490 e. The first-order valence-electron chi connectivity index (χ1n) is 8.31. The van der Waals surface area contributed by atoms with Crippen LogP contribution >= 0.6 is 11.8 Å². The third-order valence-corrected chi connectivity index (χ3v) is 5.78. The molecule has 0 spiro atoms. The van der Waals surface area contributed by atoms with E-state index in [1.54, 1.807) is 31.2 Å². The van der Waals surface area contributed by atoms with Crippen LogP contribution in [-0.2, 0) is 14.9 Å². The lowest BCUT2D eigenvalue weighted by atomic mass is 10.2. The second-order valence-corrected chi connectivity index (χ2v) is 8.40. The van der Waals surface area contributed by atoms with E-state index in [4.69, 9.17) is 8.92 Å². The van der Waals surface area contributed by atoms with Gasteiger partial charge in [0.15, 0.2) is 11.5 Å². The van der Waals surface area contributed by atoms with Crippen molar-refractivity contribution in [1.82, 2.24) is 5.32 Å². The standard InChI is InChI=1S/C19H17NO6S2/c1-3-25-16-10-13(11-17-18(21)20-19(22)27-17)6-9-15(16)26-28(23,24)14-7-4-12(2)5-8-14/h4-11H,3H2,1-2H3,(H,20,21,22)/b17-11+. The third-order valence-electron chi connectivity index (χ3n) is 3.72. The van der Waals surface area contributed by atoms with Crippen molar-refractivity contribution in [3.8, 4) is 11.5 Å². The van der Waals surface area contributed by atoms with Crippen molar-refractivity contribution in [1.29, 1.82) is 0 Å². The average Bonchev–Trinajstić information content (AvgIpc) is 2.95. The molecule has 7 nitrogen and oxygen atoms in total. The minimum atomic E-state index is -4.03. The Labute approximate surface area is 166 Å². The van der Waals surface area contributed by atoms with Crippen molar-refractivity contribution in [2.75, 3.05) is 6.61 Å². The predicted molar refractivity (Wildman–Crippen MR) is 106 cm³/mol. The highest BCUT2D eigenvalue weighted by Crippen LogP contribution is 2.33. The van der Waals surface area contributed by atoms with Crippen molar-refractivity contribution in [3.05, 3.63) is 58.5 Å². The zero-order valence-corrected chi connectivity index (χ0v) is 16.7. The summed E-state index contributed by atoms with van der Waals surface area (Å²) in [6, 6.07) is 10.9. The summed E-state index contributed by atoms with van der Waals surface area (Å²) in [6.45, 7) is 3.89. The van der Waals surface area contributed by atoms with Gasteiger partial charge in [0.1, 0.15) is 4.90 Å². The van der Waals surface area contributed by atoms with Gasteiger partial charge in [-0.2, -0.15) is 8.42 Å². The van der Waals surface area contributed by atoms with E-state index in [9.17, 15) is 18.0 Å². The Morgan fingerprint density at radius 2 is 1.79 bits per heavy atom. The second kappa shape index (κ2) is 8.07. The molecular weight excluding hydrogens is 402 g/mol. The molecule has 1 aliphatic heterocycles. The molecule has 2 amide bonds. The summed E-state index contributed by atoms with van der Waals surface area (Å²) in [4.78, 5) is 23.2. The fourth-order valence-corrected chi connectivity index (χ4v) is 4.02. The van der Waals surface area contributed by atoms with Gasteiger partial charge in [0.05, 0.1) is 11.5 Å². The van der Waals surface area contributed by atoms with E-state index in [0.717, 1.165) is 17.3 Å². The van der Waals surface area contributed by atoms with E-state index in [-0.39, 0.29) is 27.9 Å². The fraction of sp³-hybridized carbons (Fsp3) is 0.158. The molecular formula is C19H17NO6S2. The molecule has 0 atom stereocenters. The van der Waals surface area contributed by atoms with Gasteiger partial charge >= 0.3 is 10.1 Å². The number of imide groups is 1. The van der Waals surface area contributed by atoms with Gasteiger partial charge in [0.25, 0.3) is 11.1 Å². The van der Waals surface area contributed by atoms with Crippen LogP contribution in [0, 0.1) is 6.92 Å². The molecule has 146 valence electrons. The Kier molecular flexibility index (Phi) is 5.76. The van der Waals surface area contributed by atoms with Crippen LogP contribution in [0.5, 0.6) is 11.5 Å². The molecule has 1 heterocycles. The molecule has 2 aromatic carbocycles. The van der Waals surface area contributed by atoms with Crippen LogP contribution in [0.4, 0.5) is 4.79 Å². The van der Waals surface area contributed by atoms with E-state index in [0.29, 0.717) is 5.56 Å². The Balaban J connectivity index is 1.91. The van der Waals surface area contributed by atoms with Gasteiger partial charge in [-0.1, -0.05) is 23.8 Å². The number of carbonyl (C=O) groups is 2. The molecule has 9 heteroatoms. The number of aryl methyl sites for hydroxylation is 1. The average molecular weight is 419 g/mol. The lowest BCUT2D eigenvalue weighted by Crippen LogP contribution is -2.17. The number of amides is 2. The van der Waals surface area contributed by atoms with Crippen LogP contribution < -0.4 is 14.2 Å². The number of nitrogens with one attached hydrogen (secondary N) is 1. The molecule has 0 unspecified atom stereocenters. The maximum atomic E-state index is 12.5. The van der Waals surface area contributed by atoms with E-state index in [2.05, 4.69) is 5.32 Å². The van der Waals surface area contributed by atoms with Crippen LogP contribution in [0.3, 0.4) is 0 Å². The van der Waals surface area contributed by atoms with E-state index in [1.165, 1.54) is 24.3 Å². The van der Waals surface area contributed by atoms with Crippen LogP contribution in [-0.4, -0.2) is 26.2 Å². The SMILES string of the molecule is CCOc1cc(/C=C2/SC(=O)NC2=O)ccc1OS(=O)(=O)c1ccc(C)cc1. The van der Waals surface area contributed by atoms with Crippen molar-refractivity contribution >= 4 is 39.1 Å². The van der Waals surface area contributed by atoms with Crippen molar-refractivity contribution < 1.29 is 26.9 Å². The number of carbonyl (C=O) groups excluding carboxylic acids is 2. The molecule has 1 saturated heterocycles. The molecule has 0 radical (unpaired) electrons. The summed E-state index contributed by atoms with van der Waals surface area (Å²) in [5.41, 5.74) is 1.49. The number of ether oxygens (including phenoxy) is 1. The van der Waals surface area contributed by atoms with Gasteiger partial charge in [-0.3, -0.25) is 14.9 Å². The minimum Gasteiger partial charge on any atom is -0.490 e. The number of hydrogen-bond donors (Lipinski definition) is 1. The third kappa shape index (κ3) is 4.55. The maximum Gasteiger partial charge on any atom is 0.339 e. The Bertz CT molecular complexity index is 1060. The van der Waals surface area contributed by atoms with E-state index >= 15 is 0 Å². The van der Waals surface area contributed by atoms with Gasteiger partial charge in [-0.25, -0.2) is 0 Å². The fourth-order valence-electron chi connectivity index (χ4n) is 2.40. The van der Waals surface area contributed by atoms with Gasteiger partial charge < -0.3 is 8.92 Å². The van der Waals surface area contributed by atoms with Gasteiger partial charge in [0.2, 0.25) is 0 Å². The normalized spacial score (nSPS) is 15.6. The maximum absolute atomic E-state index is 12.5. The first kappa shape index (κ1) is 20.0. The summed E-state index contributed by atoms with van der Waals surface area (Å²) < 4.78 is 35.8. The van der Waals surface area contributed by atoms with Crippen LogP contribution in [0.2, 0.25) is 0 Å².